The lowest BCUT2D eigenvalue weighted by Crippen LogP contribution is -1.99. The van der Waals surface area contributed by atoms with Gasteiger partial charge in [0.15, 0.2) is 0 Å². The van der Waals surface area contributed by atoms with Crippen LogP contribution >= 0.6 is 0 Å². The molecule has 8 aromatic carbocycles. The number of hydrogen-bond donors (Lipinski definition) is 0. The summed E-state index contributed by atoms with van der Waals surface area (Å²) in [5, 5.41) is 8.59. The highest BCUT2D eigenvalue weighted by molar-refractivity contribution is 6.21. The summed E-state index contributed by atoms with van der Waals surface area (Å²) >= 11 is 0. The first kappa shape index (κ1) is 27.5. The van der Waals surface area contributed by atoms with Crippen LogP contribution in [0.5, 0.6) is 0 Å². The average molecular weight is 624 g/mol. The van der Waals surface area contributed by atoms with Crippen molar-refractivity contribution in [3.05, 3.63) is 176 Å². The van der Waals surface area contributed by atoms with Crippen molar-refractivity contribution in [3.63, 3.8) is 0 Å². The Labute approximate surface area is 283 Å². The Morgan fingerprint density at radius 3 is 1.78 bits per heavy atom. The van der Waals surface area contributed by atoms with E-state index in [9.17, 15) is 0 Å². The molecule has 2 aromatic heterocycles. The molecule has 0 aliphatic carbocycles. The van der Waals surface area contributed by atoms with Crippen molar-refractivity contribution in [1.29, 1.82) is 0 Å². The Bertz CT molecular complexity index is 2820. The Morgan fingerprint density at radius 1 is 0.429 bits per heavy atom. The fourth-order valence-corrected chi connectivity index (χ4v) is 7.63. The molecular formula is C46H29N3. The summed E-state index contributed by atoms with van der Waals surface area (Å²) in [4.78, 5) is 9.92. The molecule has 3 heteroatoms. The van der Waals surface area contributed by atoms with Gasteiger partial charge in [-0.15, -0.1) is 0 Å². The Kier molecular flexibility index (Phi) is 6.18. The first-order chi connectivity index (χ1) is 24.3. The molecule has 0 aliphatic rings. The van der Waals surface area contributed by atoms with Gasteiger partial charge in [-0.3, -0.25) is 9.55 Å². The van der Waals surface area contributed by atoms with Gasteiger partial charge in [-0.05, 0) is 97.0 Å². The second kappa shape index (κ2) is 11.0. The van der Waals surface area contributed by atoms with Gasteiger partial charge in [0.2, 0.25) is 0 Å². The van der Waals surface area contributed by atoms with Crippen molar-refractivity contribution in [2.75, 3.05) is 0 Å². The van der Waals surface area contributed by atoms with E-state index < -0.39 is 0 Å². The monoisotopic (exact) mass is 623 g/mol. The molecule has 0 radical (unpaired) electrons. The van der Waals surface area contributed by atoms with Crippen LogP contribution in [0.2, 0.25) is 0 Å². The molecule has 0 saturated heterocycles. The van der Waals surface area contributed by atoms with E-state index in [1.54, 1.807) is 0 Å². The van der Waals surface area contributed by atoms with Gasteiger partial charge in [-0.1, -0.05) is 127 Å². The van der Waals surface area contributed by atoms with E-state index >= 15 is 0 Å². The van der Waals surface area contributed by atoms with E-state index in [1.807, 2.05) is 18.3 Å². The summed E-state index contributed by atoms with van der Waals surface area (Å²) in [6, 6.07) is 60.9. The fourth-order valence-electron chi connectivity index (χ4n) is 7.63. The highest BCUT2D eigenvalue weighted by Crippen LogP contribution is 2.44. The molecule has 10 rings (SSSR count). The van der Waals surface area contributed by atoms with Crippen LogP contribution in [0.25, 0.3) is 93.6 Å². The van der Waals surface area contributed by atoms with E-state index in [4.69, 9.17) is 9.97 Å². The summed E-state index contributed by atoms with van der Waals surface area (Å²) in [7, 11) is 0. The molecular weight excluding hydrogens is 595 g/mol. The molecule has 0 unspecified atom stereocenters. The summed E-state index contributed by atoms with van der Waals surface area (Å²) in [6.07, 6.45) is 1.85. The number of para-hydroxylation sites is 3. The van der Waals surface area contributed by atoms with Crippen LogP contribution in [0.4, 0.5) is 0 Å². The number of pyridine rings is 1. The molecule has 49 heavy (non-hydrogen) atoms. The zero-order valence-electron chi connectivity index (χ0n) is 26.6. The number of fused-ring (bicyclic) bond motifs is 5. The van der Waals surface area contributed by atoms with Crippen molar-refractivity contribution in [2.45, 2.75) is 0 Å². The van der Waals surface area contributed by atoms with Crippen molar-refractivity contribution >= 4 is 54.3 Å². The predicted molar refractivity (Wildman–Crippen MR) is 205 cm³/mol. The van der Waals surface area contributed by atoms with Crippen LogP contribution < -0.4 is 0 Å². The second-order valence-corrected chi connectivity index (χ2v) is 12.6. The van der Waals surface area contributed by atoms with E-state index in [1.165, 1.54) is 54.6 Å². The minimum Gasteiger partial charge on any atom is -0.292 e. The largest absolute Gasteiger partial charge is 0.292 e. The molecule has 0 N–H and O–H groups in total. The summed E-state index contributed by atoms with van der Waals surface area (Å²) in [5.41, 5.74) is 9.97. The molecule has 0 saturated carbocycles. The van der Waals surface area contributed by atoms with Gasteiger partial charge in [-0.2, -0.15) is 0 Å². The highest BCUT2D eigenvalue weighted by Gasteiger charge is 2.19. The van der Waals surface area contributed by atoms with Crippen LogP contribution in [0, 0.1) is 0 Å². The van der Waals surface area contributed by atoms with E-state index in [-0.39, 0.29) is 0 Å². The molecule has 0 amide bonds. The zero-order chi connectivity index (χ0) is 32.3. The quantitative estimate of drug-likeness (QED) is 0.183. The van der Waals surface area contributed by atoms with Gasteiger partial charge in [-0.25, -0.2) is 4.98 Å². The summed E-state index contributed by atoms with van der Waals surface area (Å²) in [5.74, 6) is 0.883. The minimum atomic E-state index is 0.883. The molecule has 2 heterocycles. The molecule has 0 aliphatic heterocycles. The Morgan fingerprint density at radius 2 is 1.02 bits per heavy atom. The van der Waals surface area contributed by atoms with Crippen LogP contribution in [0.3, 0.4) is 0 Å². The lowest BCUT2D eigenvalue weighted by Gasteiger charge is -2.18. The molecule has 0 atom stereocenters. The molecule has 3 nitrogen and oxygen atoms in total. The van der Waals surface area contributed by atoms with Crippen LogP contribution in [-0.2, 0) is 0 Å². The van der Waals surface area contributed by atoms with Crippen LogP contribution in [0.15, 0.2) is 176 Å². The van der Waals surface area contributed by atoms with E-state index in [0.717, 1.165) is 39.0 Å². The lowest BCUT2D eigenvalue weighted by atomic mass is 9.85. The number of aromatic nitrogens is 3. The van der Waals surface area contributed by atoms with Crippen molar-refractivity contribution < 1.29 is 0 Å². The minimum absolute atomic E-state index is 0.883. The third kappa shape index (κ3) is 4.37. The van der Waals surface area contributed by atoms with Gasteiger partial charge < -0.3 is 0 Å². The molecule has 0 spiro atoms. The number of imidazole rings is 1. The summed E-state index contributed by atoms with van der Waals surface area (Å²) < 4.78 is 2.27. The standard InChI is InChI=1S/C46H29N3/c1-2-12-33-29-34(23-22-30(33)11-1)44-38-17-5-3-15-36(38)43(37-16-4-6-18-39(37)44)31-24-26-35(27-25-31)49-42-21-8-7-20-41(42)48-46(49)40-19-9-13-32-14-10-28-47-45(32)40/h1-29H. The molecule has 0 bridgehead atoms. The third-order valence-corrected chi connectivity index (χ3v) is 9.82. The Hall–Kier alpha value is -6.58. The van der Waals surface area contributed by atoms with Crippen LogP contribution in [0.1, 0.15) is 0 Å². The van der Waals surface area contributed by atoms with E-state index in [0.29, 0.717) is 0 Å². The van der Waals surface area contributed by atoms with E-state index in [2.05, 4.69) is 162 Å². The number of hydrogen-bond acceptors (Lipinski definition) is 2. The van der Waals surface area contributed by atoms with Crippen molar-refractivity contribution in [1.82, 2.24) is 14.5 Å². The van der Waals surface area contributed by atoms with Gasteiger partial charge >= 0.3 is 0 Å². The SMILES string of the molecule is c1ccc2cc(-c3c4ccccc4c(-c4ccc(-n5c(-c6cccc7cccnc67)nc6ccccc65)cc4)c4ccccc34)ccc2c1. The number of nitrogens with zero attached hydrogens (tertiary/aromatic N) is 3. The van der Waals surface area contributed by atoms with Gasteiger partial charge in [0, 0.05) is 22.8 Å². The Balaban J connectivity index is 1.18. The van der Waals surface area contributed by atoms with Crippen molar-refractivity contribution in [3.8, 4) is 39.3 Å². The van der Waals surface area contributed by atoms with Crippen LogP contribution in [-0.4, -0.2) is 14.5 Å². The second-order valence-electron chi connectivity index (χ2n) is 12.6. The fraction of sp³-hybridized carbons (Fsp3) is 0. The number of benzene rings is 8. The molecule has 228 valence electrons. The summed E-state index contributed by atoms with van der Waals surface area (Å²) in [6.45, 7) is 0. The smallest absolute Gasteiger partial charge is 0.147 e. The zero-order valence-corrected chi connectivity index (χ0v) is 26.6. The maximum atomic E-state index is 5.15. The first-order valence-corrected chi connectivity index (χ1v) is 16.7. The third-order valence-electron chi connectivity index (χ3n) is 9.82. The van der Waals surface area contributed by atoms with Gasteiger partial charge in [0.1, 0.15) is 5.82 Å². The number of rotatable bonds is 4. The maximum absolute atomic E-state index is 5.15. The molecule has 10 aromatic rings. The van der Waals surface area contributed by atoms with Gasteiger partial charge in [0.25, 0.3) is 0 Å². The highest BCUT2D eigenvalue weighted by atomic mass is 15.1. The maximum Gasteiger partial charge on any atom is 0.147 e. The molecule has 0 fully saturated rings. The lowest BCUT2D eigenvalue weighted by molar-refractivity contribution is 1.10. The van der Waals surface area contributed by atoms with Gasteiger partial charge in [0.05, 0.1) is 16.6 Å². The van der Waals surface area contributed by atoms with Crippen molar-refractivity contribution in [2.24, 2.45) is 0 Å². The normalized spacial score (nSPS) is 11.7. The predicted octanol–water partition coefficient (Wildman–Crippen LogP) is 12.0. The first-order valence-electron chi connectivity index (χ1n) is 16.7. The average Bonchev–Trinajstić information content (AvgIpc) is 3.56. The topological polar surface area (TPSA) is 30.7 Å².